The summed E-state index contributed by atoms with van der Waals surface area (Å²) in [5.74, 6) is -0.360. The fourth-order valence-electron chi connectivity index (χ4n) is 10.6. The molecule has 0 radical (unpaired) electrons. The maximum atomic E-state index is 13.5. The summed E-state index contributed by atoms with van der Waals surface area (Å²) in [4.78, 5) is 51.1. The third-order valence-electron chi connectivity index (χ3n) is 13.0. The van der Waals surface area contributed by atoms with Gasteiger partial charge in [0.2, 0.25) is 0 Å². The van der Waals surface area contributed by atoms with Crippen LogP contribution in [0.2, 0.25) is 0 Å². The number of esters is 2. The highest BCUT2D eigenvalue weighted by Gasteiger charge is 2.69. The summed E-state index contributed by atoms with van der Waals surface area (Å²) in [6.45, 7) is 17.0. The maximum Gasteiger partial charge on any atom is 0.309 e. The molecule has 0 N–H and O–H groups in total. The molecule has 0 aromatic heterocycles. The first-order valence-electron chi connectivity index (χ1n) is 16.3. The molecular formula is C35H54O6. The van der Waals surface area contributed by atoms with Crippen molar-refractivity contribution in [3.8, 4) is 0 Å². The number of fused-ring (bicyclic) bond motifs is 5. The predicted octanol–water partition coefficient (Wildman–Crippen LogP) is 7.42. The number of hydrogen-bond donors (Lipinski definition) is 0. The quantitative estimate of drug-likeness (QED) is 0.212. The summed E-state index contributed by atoms with van der Waals surface area (Å²) in [5.41, 5.74) is 0.259. The van der Waals surface area contributed by atoms with Crippen LogP contribution in [0, 0.1) is 45.3 Å². The summed E-state index contributed by atoms with van der Waals surface area (Å²) in [5, 5.41) is 0. The summed E-state index contributed by atoms with van der Waals surface area (Å²) in [7, 11) is 0. The second kappa shape index (κ2) is 11.6. The minimum Gasteiger partial charge on any atom is -0.462 e. The van der Waals surface area contributed by atoms with Gasteiger partial charge in [-0.3, -0.25) is 14.4 Å². The van der Waals surface area contributed by atoms with E-state index < -0.39 is 29.5 Å². The highest BCUT2D eigenvalue weighted by molar-refractivity contribution is 5.97. The first kappa shape index (κ1) is 31.9. The van der Waals surface area contributed by atoms with Gasteiger partial charge in [0.05, 0.1) is 12.3 Å². The van der Waals surface area contributed by atoms with Gasteiger partial charge in [0.15, 0.2) is 5.78 Å². The number of aldehydes is 1. The standard InChI is InChI=1S/C35H54O6/c1-9-23(40-30(38)10-2)19-31(39)41-29-20-28-33(6)17-12-16-32(5,11-3)26(33)15-18-34(28,7)27-14-13-24(22(4)37)25(21-36)35(27,29)8/h13,21,23,25-29H,9-12,14-20H2,1-8H3/t23-,25+,26+,27+,28-,29+,32+,33+,34+,35-/m1/s1. The largest absolute Gasteiger partial charge is 0.462 e. The molecular weight excluding hydrogens is 516 g/mol. The average molecular weight is 571 g/mol. The molecule has 6 heteroatoms. The molecule has 0 aromatic carbocycles. The molecule has 0 spiro atoms. The second-order valence-electron chi connectivity index (χ2n) is 14.8. The van der Waals surface area contributed by atoms with E-state index in [-0.39, 0.29) is 41.3 Å². The first-order chi connectivity index (χ1) is 19.2. The molecule has 0 saturated heterocycles. The summed E-state index contributed by atoms with van der Waals surface area (Å²) >= 11 is 0. The lowest BCUT2D eigenvalue weighted by atomic mass is 9.34. The fraction of sp³-hybridized carbons (Fsp3) is 0.829. The molecule has 0 aliphatic heterocycles. The van der Waals surface area contributed by atoms with Crippen molar-refractivity contribution >= 4 is 24.0 Å². The lowest BCUT2D eigenvalue weighted by Crippen LogP contribution is -2.67. The Hall–Kier alpha value is -1.98. The number of rotatable bonds is 9. The maximum absolute atomic E-state index is 13.5. The Morgan fingerprint density at radius 3 is 2.24 bits per heavy atom. The van der Waals surface area contributed by atoms with Crippen molar-refractivity contribution < 1.29 is 28.7 Å². The van der Waals surface area contributed by atoms with Gasteiger partial charge in [0.25, 0.3) is 0 Å². The molecule has 6 nitrogen and oxygen atoms in total. The fourth-order valence-corrected chi connectivity index (χ4v) is 10.6. The number of carbonyl (C=O) groups excluding carboxylic acids is 4. The Labute approximate surface area is 247 Å². The molecule has 3 saturated carbocycles. The van der Waals surface area contributed by atoms with Crippen molar-refractivity contribution in [2.75, 3.05) is 0 Å². The third kappa shape index (κ3) is 5.13. The van der Waals surface area contributed by atoms with E-state index >= 15 is 0 Å². The van der Waals surface area contributed by atoms with Crippen LogP contribution < -0.4 is 0 Å². The van der Waals surface area contributed by atoms with Crippen molar-refractivity contribution in [2.45, 2.75) is 138 Å². The van der Waals surface area contributed by atoms with Crippen LogP contribution in [0.1, 0.15) is 126 Å². The number of ether oxygens (including phenoxy) is 2. The zero-order valence-corrected chi connectivity index (χ0v) is 26.8. The molecule has 0 aromatic rings. The van der Waals surface area contributed by atoms with Crippen molar-refractivity contribution in [3.63, 3.8) is 0 Å². The van der Waals surface area contributed by atoms with E-state index in [9.17, 15) is 19.2 Å². The normalized spacial score (nSPS) is 42.4. The van der Waals surface area contributed by atoms with Crippen molar-refractivity contribution in [3.05, 3.63) is 11.6 Å². The molecule has 0 bridgehead atoms. The highest BCUT2D eigenvalue weighted by Crippen LogP contribution is 2.73. The van der Waals surface area contributed by atoms with Crippen molar-refractivity contribution in [1.29, 1.82) is 0 Å². The summed E-state index contributed by atoms with van der Waals surface area (Å²) < 4.78 is 11.9. The zero-order valence-electron chi connectivity index (χ0n) is 26.8. The Bertz CT molecular complexity index is 1080. The topological polar surface area (TPSA) is 86.7 Å². The van der Waals surface area contributed by atoms with Gasteiger partial charge in [0.1, 0.15) is 18.5 Å². The van der Waals surface area contributed by atoms with E-state index in [0.29, 0.717) is 42.1 Å². The second-order valence-corrected chi connectivity index (χ2v) is 14.8. The van der Waals surface area contributed by atoms with Crippen LogP contribution in [0.15, 0.2) is 11.6 Å². The Kier molecular flexibility index (Phi) is 9.04. The van der Waals surface area contributed by atoms with Crippen LogP contribution >= 0.6 is 0 Å². The van der Waals surface area contributed by atoms with E-state index in [1.54, 1.807) is 6.92 Å². The van der Waals surface area contributed by atoms with E-state index in [0.717, 1.165) is 12.7 Å². The van der Waals surface area contributed by atoms with Crippen LogP contribution in [-0.4, -0.2) is 36.2 Å². The highest BCUT2D eigenvalue weighted by atomic mass is 16.6. The lowest BCUT2D eigenvalue weighted by Gasteiger charge is -2.70. The lowest BCUT2D eigenvalue weighted by molar-refractivity contribution is -0.240. The van der Waals surface area contributed by atoms with Gasteiger partial charge in [-0.05, 0) is 85.9 Å². The molecule has 4 rings (SSSR count). The monoisotopic (exact) mass is 570 g/mol. The van der Waals surface area contributed by atoms with Crippen LogP contribution in [0.5, 0.6) is 0 Å². The van der Waals surface area contributed by atoms with Crippen LogP contribution in [0.3, 0.4) is 0 Å². The van der Waals surface area contributed by atoms with E-state index in [1.165, 1.54) is 39.0 Å². The molecule has 41 heavy (non-hydrogen) atoms. The summed E-state index contributed by atoms with van der Waals surface area (Å²) in [6.07, 6.45) is 11.2. The zero-order chi connectivity index (χ0) is 30.4. The molecule has 4 aliphatic carbocycles. The van der Waals surface area contributed by atoms with Gasteiger partial charge in [-0.2, -0.15) is 0 Å². The number of carbonyl (C=O) groups is 4. The predicted molar refractivity (Wildman–Crippen MR) is 159 cm³/mol. The van der Waals surface area contributed by atoms with E-state index in [1.807, 2.05) is 13.0 Å². The SMILES string of the molecule is CCC(=O)O[C@H](CC)CC(=O)O[C@H]1C[C@@H]2[C@@]3(C)CCC[C@](C)(CC)[C@@H]3CC[C@@]2(C)[C@@H]2CC=C(C(C)=O)[C@H](C=O)[C@@]12C. The van der Waals surface area contributed by atoms with Gasteiger partial charge < -0.3 is 14.3 Å². The van der Waals surface area contributed by atoms with Gasteiger partial charge in [-0.15, -0.1) is 0 Å². The molecule has 0 unspecified atom stereocenters. The molecule has 3 fully saturated rings. The molecule has 0 amide bonds. The van der Waals surface area contributed by atoms with Gasteiger partial charge in [-0.25, -0.2) is 0 Å². The first-order valence-corrected chi connectivity index (χ1v) is 16.3. The minimum absolute atomic E-state index is 0.00359. The minimum atomic E-state index is -0.688. The smallest absolute Gasteiger partial charge is 0.309 e. The third-order valence-corrected chi connectivity index (χ3v) is 13.0. The van der Waals surface area contributed by atoms with Crippen molar-refractivity contribution in [2.24, 2.45) is 45.3 Å². The number of Topliss-reactive ketones (excluding diaryl/α,β-unsaturated/α-hetero) is 1. The summed E-state index contributed by atoms with van der Waals surface area (Å²) in [6, 6.07) is 0. The van der Waals surface area contributed by atoms with E-state index in [4.69, 9.17) is 9.47 Å². The van der Waals surface area contributed by atoms with Gasteiger partial charge in [0, 0.05) is 17.4 Å². The van der Waals surface area contributed by atoms with E-state index in [2.05, 4.69) is 34.6 Å². The Morgan fingerprint density at radius 1 is 0.976 bits per heavy atom. The molecule has 4 aliphatic rings. The Balaban J connectivity index is 1.76. The van der Waals surface area contributed by atoms with Crippen LogP contribution in [0.25, 0.3) is 0 Å². The number of ketones is 1. The Morgan fingerprint density at radius 2 is 1.66 bits per heavy atom. The number of hydrogen-bond acceptors (Lipinski definition) is 6. The van der Waals surface area contributed by atoms with Gasteiger partial charge >= 0.3 is 11.9 Å². The average Bonchev–Trinajstić information content (AvgIpc) is 2.92. The number of allylic oxidation sites excluding steroid dienone is 2. The van der Waals surface area contributed by atoms with Crippen LogP contribution in [0.4, 0.5) is 0 Å². The van der Waals surface area contributed by atoms with Crippen LogP contribution in [-0.2, 0) is 28.7 Å². The van der Waals surface area contributed by atoms with Crippen molar-refractivity contribution in [1.82, 2.24) is 0 Å². The van der Waals surface area contributed by atoms with Gasteiger partial charge in [-0.1, -0.05) is 67.4 Å². The molecule has 0 heterocycles. The molecule has 10 atom stereocenters. The molecule has 230 valence electrons.